The fourth-order valence-corrected chi connectivity index (χ4v) is 3.76. The summed E-state index contributed by atoms with van der Waals surface area (Å²) in [7, 11) is 0. The molecule has 0 unspecified atom stereocenters. The zero-order chi connectivity index (χ0) is 25.4. The Bertz CT molecular complexity index is 1050. The molecule has 186 valence electrons. The van der Waals surface area contributed by atoms with Gasteiger partial charge in [-0.15, -0.1) is 0 Å². The molecule has 0 radical (unpaired) electrons. The number of anilines is 1. The Labute approximate surface area is 208 Å². The molecule has 0 atom stereocenters. The molecule has 1 aliphatic heterocycles. The van der Waals surface area contributed by atoms with Gasteiger partial charge in [-0.05, 0) is 69.2 Å². The van der Waals surface area contributed by atoms with Gasteiger partial charge in [0.25, 0.3) is 0 Å². The Morgan fingerprint density at radius 3 is 2.20 bits per heavy atom. The van der Waals surface area contributed by atoms with Crippen LogP contribution in [0.5, 0.6) is 5.75 Å². The maximum atomic E-state index is 12.7. The summed E-state index contributed by atoms with van der Waals surface area (Å²) in [6.07, 6.45) is 0.234. The number of piperazine rings is 1. The van der Waals surface area contributed by atoms with Gasteiger partial charge >= 0.3 is 6.09 Å². The summed E-state index contributed by atoms with van der Waals surface area (Å²) in [6, 6.07) is 15.0. The van der Waals surface area contributed by atoms with Gasteiger partial charge in [0.2, 0.25) is 5.91 Å². The third kappa shape index (κ3) is 8.25. The van der Waals surface area contributed by atoms with E-state index in [1.165, 1.54) is 0 Å². The lowest BCUT2D eigenvalue weighted by molar-refractivity contribution is -0.129. The van der Waals surface area contributed by atoms with E-state index in [0.717, 1.165) is 43.0 Å². The van der Waals surface area contributed by atoms with Gasteiger partial charge in [-0.1, -0.05) is 24.0 Å². The topological polar surface area (TPSA) is 73.3 Å². The van der Waals surface area contributed by atoms with Gasteiger partial charge in [0.15, 0.2) is 0 Å². The number of nitrogens with zero attached hydrogens (tertiary/aromatic N) is 3. The van der Waals surface area contributed by atoms with Crippen molar-refractivity contribution in [3.05, 3.63) is 59.7 Å². The first-order chi connectivity index (χ1) is 16.6. The van der Waals surface area contributed by atoms with Crippen LogP contribution >= 0.6 is 0 Å². The first-order valence-corrected chi connectivity index (χ1v) is 12.0. The lowest BCUT2D eigenvalue weighted by atomic mass is 10.1. The van der Waals surface area contributed by atoms with E-state index >= 15 is 0 Å². The number of ether oxygens (including phenoxy) is 1. The molecule has 1 heterocycles. The van der Waals surface area contributed by atoms with Crippen LogP contribution in [0.1, 0.15) is 38.8 Å². The highest BCUT2D eigenvalue weighted by Crippen LogP contribution is 2.17. The van der Waals surface area contributed by atoms with Crippen molar-refractivity contribution >= 4 is 17.7 Å². The minimum absolute atomic E-state index is 0.124. The van der Waals surface area contributed by atoms with Crippen molar-refractivity contribution in [2.24, 2.45) is 0 Å². The summed E-state index contributed by atoms with van der Waals surface area (Å²) in [6.45, 7) is 11.0. The van der Waals surface area contributed by atoms with Gasteiger partial charge in [0.05, 0.1) is 6.54 Å². The quantitative estimate of drug-likeness (QED) is 0.662. The molecule has 0 spiro atoms. The summed E-state index contributed by atoms with van der Waals surface area (Å²) in [5.41, 5.74) is 2.42. The molecule has 7 heteroatoms. The first kappa shape index (κ1) is 26.0. The Hall–Kier alpha value is -3.66. The molecular weight excluding hydrogens is 442 g/mol. The van der Waals surface area contributed by atoms with E-state index in [1.807, 2.05) is 62.1 Å². The van der Waals surface area contributed by atoms with Crippen LogP contribution in [-0.2, 0) is 16.0 Å². The standard InChI is InChI=1S/C28H35N3O4/c1-22(32)29-18-20-30(21-19-29)25-11-7-23(8-12-25)6-5-16-31(27(34)35-28(2,3)4)17-15-24-9-13-26(33)14-10-24/h7-14,33H,15-21H2,1-4H3. The van der Waals surface area contributed by atoms with E-state index in [9.17, 15) is 14.7 Å². The van der Waals surface area contributed by atoms with E-state index in [0.29, 0.717) is 13.0 Å². The third-order valence-electron chi connectivity index (χ3n) is 5.72. The zero-order valence-corrected chi connectivity index (χ0v) is 21.1. The molecule has 1 fully saturated rings. The van der Waals surface area contributed by atoms with Crippen molar-refractivity contribution in [2.75, 3.05) is 44.2 Å². The van der Waals surface area contributed by atoms with Gasteiger partial charge in [0, 0.05) is 50.9 Å². The molecule has 2 aromatic rings. The molecule has 0 aliphatic carbocycles. The summed E-state index contributed by atoms with van der Waals surface area (Å²) < 4.78 is 5.56. The second kappa shape index (κ2) is 11.7. The molecule has 2 amide bonds. The van der Waals surface area contributed by atoms with Gasteiger partial charge in [-0.25, -0.2) is 4.79 Å². The number of phenolic OH excluding ortho intramolecular Hbond substituents is 1. The number of phenols is 1. The van der Waals surface area contributed by atoms with E-state index < -0.39 is 11.7 Å². The molecule has 1 aliphatic rings. The minimum Gasteiger partial charge on any atom is -0.508 e. The predicted octanol–water partition coefficient (Wildman–Crippen LogP) is 3.89. The minimum atomic E-state index is -0.590. The van der Waals surface area contributed by atoms with Crippen LogP contribution in [-0.4, -0.2) is 71.8 Å². The number of benzene rings is 2. The molecule has 0 saturated carbocycles. The predicted molar refractivity (Wildman–Crippen MR) is 137 cm³/mol. The van der Waals surface area contributed by atoms with Gasteiger partial charge in [0.1, 0.15) is 11.4 Å². The molecule has 0 aromatic heterocycles. The highest BCUT2D eigenvalue weighted by atomic mass is 16.6. The van der Waals surface area contributed by atoms with E-state index in [4.69, 9.17) is 4.74 Å². The first-order valence-electron chi connectivity index (χ1n) is 12.0. The number of hydrogen-bond acceptors (Lipinski definition) is 5. The number of amides is 2. The SMILES string of the molecule is CC(=O)N1CCN(c2ccc(C#CCN(CCc3ccc(O)cc3)C(=O)OC(C)(C)C)cc2)CC1. The molecule has 3 rings (SSSR count). The molecule has 1 saturated heterocycles. The summed E-state index contributed by atoms with van der Waals surface area (Å²) in [4.78, 5) is 30.0. The molecule has 0 bridgehead atoms. The largest absolute Gasteiger partial charge is 0.508 e. The average molecular weight is 478 g/mol. The summed E-state index contributed by atoms with van der Waals surface area (Å²) in [5, 5.41) is 9.48. The average Bonchev–Trinajstić information content (AvgIpc) is 2.81. The van der Waals surface area contributed by atoms with Crippen molar-refractivity contribution in [1.29, 1.82) is 0 Å². The van der Waals surface area contributed by atoms with Crippen molar-refractivity contribution in [2.45, 2.75) is 39.7 Å². The highest BCUT2D eigenvalue weighted by molar-refractivity contribution is 5.73. The number of hydrogen-bond donors (Lipinski definition) is 1. The van der Waals surface area contributed by atoms with E-state index in [-0.39, 0.29) is 18.2 Å². The fraction of sp³-hybridized carbons (Fsp3) is 0.429. The smallest absolute Gasteiger partial charge is 0.411 e. The third-order valence-corrected chi connectivity index (χ3v) is 5.72. The Morgan fingerprint density at radius 2 is 1.63 bits per heavy atom. The van der Waals surface area contributed by atoms with Crippen molar-refractivity contribution in [3.63, 3.8) is 0 Å². The van der Waals surface area contributed by atoms with Gasteiger partial charge < -0.3 is 19.6 Å². The van der Waals surface area contributed by atoms with E-state index in [1.54, 1.807) is 24.0 Å². The molecular formula is C28H35N3O4. The second-order valence-corrected chi connectivity index (χ2v) is 9.66. The number of rotatable bonds is 5. The maximum absolute atomic E-state index is 12.7. The zero-order valence-electron chi connectivity index (χ0n) is 21.1. The monoisotopic (exact) mass is 477 g/mol. The Kier molecular flexibility index (Phi) is 8.64. The number of carbonyl (C=O) groups excluding carboxylic acids is 2. The van der Waals surface area contributed by atoms with Crippen LogP contribution in [0.4, 0.5) is 10.5 Å². The van der Waals surface area contributed by atoms with Crippen LogP contribution in [0.2, 0.25) is 0 Å². The van der Waals surface area contributed by atoms with Gasteiger partial charge in [-0.3, -0.25) is 9.69 Å². The highest BCUT2D eigenvalue weighted by Gasteiger charge is 2.21. The van der Waals surface area contributed by atoms with E-state index in [2.05, 4.69) is 16.7 Å². The Morgan fingerprint density at radius 1 is 1.00 bits per heavy atom. The van der Waals surface area contributed by atoms with Gasteiger partial charge in [-0.2, -0.15) is 0 Å². The normalized spacial score (nSPS) is 13.6. The fourth-order valence-electron chi connectivity index (χ4n) is 3.76. The van der Waals surface area contributed by atoms with Crippen LogP contribution < -0.4 is 4.90 Å². The Balaban J connectivity index is 1.60. The molecule has 2 aromatic carbocycles. The summed E-state index contributed by atoms with van der Waals surface area (Å²) in [5.74, 6) is 6.59. The van der Waals surface area contributed by atoms with Crippen LogP contribution in [0.25, 0.3) is 0 Å². The molecule has 7 nitrogen and oxygen atoms in total. The molecule has 35 heavy (non-hydrogen) atoms. The maximum Gasteiger partial charge on any atom is 0.411 e. The van der Waals surface area contributed by atoms with Crippen LogP contribution in [0.3, 0.4) is 0 Å². The molecule has 1 N–H and O–H groups in total. The van der Waals surface area contributed by atoms with Crippen molar-refractivity contribution in [3.8, 4) is 17.6 Å². The van der Waals surface area contributed by atoms with Crippen LogP contribution in [0.15, 0.2) is 48.5 Å². The van der Waals surface area contributed by atoms with Crippen LogP contribution in [0, 0.1) is 11.8 Å². The second-order valence-electron chi connectivity index (χ2n) is 9.66. The number of carbonyl (C=O) groups is 2. The van der Waals surface area contributed by atoms with Crippen molar-refractivity contribution in [1.82, 2.24) is 9.80 Å². The van der Waals surface area contributed by atoms with Crippen molar-refractivity contribution < 1.29 is 19.4 Å². The number of aromatic hydroxyl groups is 1. The lowest BCUT2D eigenvalue weighted by Gasteiger charge is -2.35. The summed E-state index contributed by atoms with van der Waals surface area (Å²) >= 11 is 0. The lowest BCUT2D eigenvalue weighted by Crippen LogP contribution is -2.48.